The zero-order chi connectivity index (χ0) is 15.0. The summed E-state index contributed by atoms with van der Waals surface area (Å²) in [5.74, 6) is 0.271. The van der Waals surface area contributed by atoms with E-state index in [9.17, 15) is 9.90 Å². The van der Waals surface area contributed by atoms with Gasteiger partial charge in [-0.05, 0) is 17.9 Å². The first-order chi connectivity index (χ1) is 9.52. The number of hydrogen-bond donors (Lipinski definition) is 3. The van der Waals surface area contributed by atoms with Gasteiger partial charge in [-0.15, -0.1) is 0 Å². The third-order valence-corrected chi connectivity index (χ3v) is 2.86. The molecule has 0 radical (unpaired) electrons. The summed E-state index contributed by atoms with van der Waals surface area (Å²) in [6, 6.07) is 9.18. The van der Waals surface area contributed by atoms with Crippen LogP contribution >= 0.6 is 0 Å². The second kappa shape index (κ2) is 8.55. The fourth-order valence-electron chi connectivity index (χ4n) is 1.75. The molecular formula is C15H24N2O3. The molecule has 1 amide bonds. The summed E-state index contributed by atoms with van der Waals surface area (Å²) >= 11 is 0. The Morgan fingerprint density at radius 1 is 1.35 bits per heavy atom. The van der Waals surface area contributed by atoms with Crippen molar-refractivity contribution in [2.45, 2.75) is 32.4 Å². The number of aliphatic hydroxyl groups excluding tert-OH is 1. The molecule has 1 aromatic carbocycles. The molecule has 0 spiro atoms. The van der Waals surface area contributed by atoms with E-state index >= 15 is 0 Å². The van der Waals surface area contributed by atoms with Crippen molar-refractivity contribution in [2.75, 3.05) is 13.2 Å². The lowest BCUT2D eigenvalue weighted by Crippen LogP contribution is -2.48. The molecule has 0 heterocycles. The Hall–Kier alpha value is -1.59. The number of nitrogens with two attached hydrogens (primary N) is 1. The van der Waals surface area contributed by atoms with Crippen LogP contribution in [0.1, 0.15) is 19.4 Å². The summed E-state index contributed by atoms with van der Waals surface area (Å²) in [4.78, 5) is 11.7. The van der Waals surface area contributed by atoms with Crippen LogP contribution in [-0.4, -0.2) is 36.5 Å². The highest BCUT2D eigenvalue weighted by Gasteiger charge is 2.21. The summed E-state index contributed by atoms with van der Waals surface area (Å²) in [5.41, 5.74) is 6.50. The summed E-state index contributed by atoms with van der Waals surface area (Å²) in [6.07, 6.45) is -0.815. The Balaban J connectivity index is 2.58. The fraction of sp³-hybridized carbons (Fsp3) is 0.533. The highest BCUT2D eigenvalue weighted by Crippen LogP contribution is 2.06. The molecular weight excluding hydrogens is 256 g/mol. The van der Waals surface area contributed by atoms with Gasteiger partial charge in [0.15, 0.2) is 0 Å². The second-order valence-electron chi connectivity index (χ2n) is 5.24. The number of hydrogen-bond acceptors (Lipinski definition) is 4. The van der Waals surface area contributed by atoms with E-state index in [4.69, 9.17) is 10.5 Å². The minimum atomic E-state index is -0.804. The standard InChI is InChI=1S/C15H24N2O3/c1-11(2)10-20-15(19)17-13(14(18)9-16)8-12-6-4-3-5-7-12/h3-7,11,13-14,18H,8-10,16H2,1-2H3,(H,17,19)/t13-,14+/m0/s1. The summed E-state index contributed by atoms with van der Waals surface area (Å²) in [5, 5.41) is 12.6. The van der Waals surface area contributed by atoms with Gasteiger partial charge in [0, 0.05) is 6.54 Å². The van der Waals surface area contributed by atoms with Crippen molar-refractivity contribution < 1.29 is 14.6 Å². The van der Waals surface area contributed by atoms with E-state index < -0.39 is 18.2 Å². The highest BCUT2D eigenvalue weighted by atomic mass is 16.5. The lowest BCUT2D eigenvalue weighted by molar-refractivity contribution is 0.102. The molecule has 0 aliphatic rings. The van der Waals surface area contributed by atoms with E-state index in [1.54, 1.807) is 0 Å². The van der Waals surface area contributed by atoms with Gasteiger partial charge in [-0.25, -0.2) is 4.79 Å². The zero-order valence-electron chi connectivity index (χ0n) is 12.1. The van der Waals surface area contributed by atoms with Crippen molar-refractivity contribution in [3.8, 4) is 0 Å². The Bertz CT molecular complexity index is 395. The first-order valence-electron chi connectivity index (χ1n) is 6.88. The number of aliphatic hydroxyl groups is 1. The molecule has 0 aromatic heterocycles. The van der Waals surface area contributed by atoms with Crippen molar-refractivity contribution >= 4 is 6.09 Å². The number of nitrogens with one attached hydrogen (secondary N) is 1. The van der Waals surface area contributed by atoms with Crippen molar-refractivity contribution in [3.63, 3.8) is 0 Å². The largest absolute Gasteiger partial charge is 0.449 e. The number of amides is 1. The first-order valence-corrected chi connectivity index (χ1v) is 6.88. The third-order valence-electron chi connectivity index (χ3n) is 2.86. The molecule has 5 nitrogen and oxygen atoms in total. The number of alkyl carbamates (subject to hydrolysis) is 1. The minimum Gasteiger partial charge on any atom is -0.449 e. The van der Waals surface area contributed by atoms with Crippen LogP contribution < -0.4 is 11.1 Å². The minimum absolute atomic E-state index is 0.0853. The van der Waals surface area contributed by atoms with Crippen LogP contribution in [-0.2, 0) is 11.2 Å². The maximum absolute atomic E-state index is 11.7. The lowest BCUT2D eigenvalue weighted by Gasteiger charge is -2.23. The molecule has 20 heavy (non-hydrogen) atoms. The SMILES string of the molecule is CC(C)COC(=O)N[C@@H](Cc1ccccc1)[C@H](O)CN. The summed E-state index contributed by atoms with van der Waals surface area (Å²) < 4.78 is 5.06. The predicted octanol–water partition coefficient (Wildman–Crippen LogP) is 1.30. The third kappa shape index (κ3) is 6.04. The van der Waals surface area contributed by atoms with Crippen molar-refractivity contribution in [1.29, 1.82) is 0 Å². The van der Waals surface area contributed by atoms with E-state index in [0.29, 0.717) is 13.0 Å². The van der Waals surface area contributed by atoms with Crippen molar-refractivity contribution in [2.24, 2.45) is 11.7 Å². The molecule has 0 saturated carbocycles. The molecule has 0 unspecified atom stereocenters. The molecule has 0 saturated heterocycles. The van der Waals surface area contributed by atoms with Crippen LogP contribution in [0.25, 0.3) is 0 Å². The maximum atomic E-state index is 11.7. The topological polar surface area (TPSA) is 84.6 Å². The van der Waals surface area contributed by atoms with Gasteiger partial charge in [0.25, 0.3) is 0 Å². The number of carbonyl (C=O) groups excluding carboxylic acids is 1. The van der Waals surface area contributed by atoms with Crippen LogP contribution in [0, 0.1) is 5.92 Å². The van der Waals surface area contributed by atoms with Gasteiger partial charge in [-0.3, -0.25) is 0 Å². The molecule has 4 N–H and O–H groups in total. The van der Waals surface area contributed by atoms with Crippen LogP contribution in [0.3, 0.4) is 0 Å². The smallest absolute Gasteiger partial charge is 0.407 e. The summed E-state index contributed by atoms with van der Waals surface area (Å²) in [7, 11) is 0. The highest BCUT2D eigenvalue weighted by molar-refractivity contribution is 5.67. The van der Waals surface area contributed by atoms with E-state index in [1.165, 1.54) is 0 Å². The predicted molar refractivity (Wildman–Crippen MR) is 78.3 cm³/mol. The van der Waals surface area contributed by atoms with E-state index in [0.717, 1.165) is 5.56 Å². The molecule has 0 fully saturated rings. The van der Waals surface area contributed by atoms with Gasteiger partial charge in [0.05, 0.1) is 18.8 Å². The van der Waals surface area contributed by atoms with Gasteiger partial charge >= 0.3 is 6.09 Å². The first kappa shape index (κ1) is 16.5. The number of benzene rings is 1. The lowest BCUT2D eigenvalue weighted by atomic mass is 10.0. The number of rotatable bonds is 7. The fourth-order valence-corrected chi connectivity index (χ4v) is 1.75. The number of ether oxygens (including phenoxy) is 1. The van der Waals surface area contributed by atoms with E-state index in [-0.39, 0.29) is 12.5 Å². The molecule has 1 aromatic rings. The van der Waals surface area contributed by atoms with Gasteiger partial charge in [-0.2, -0.15) is 0 Å². The Labute approximate surface area is 120 Å². The Morgan fingerprint density at radius 2 is 2.00 bits per heavy atom. The molecule has 112 valence electrons. The van der Waals surface area contributed by atoms with Crippen LogP contribution in [0.2, 0.25) is 0 Å². The number of carbonyl (C=O) groups is 1. The molecule has 0 bridgehead atoms. The van der Waals surface area contributed by atoms with Crippen LogP contribution in [0.5, 0.6) is 0 Å². The average molecular weight is 280 g/mol. The van der Waals surface area contributed by atoms with Gasteiger partial charge in [-0.1, -0.05) is 44.2 Å². The van der Waals surface area contributed by atoms with E-state index in [2.05, 4.69) is 5.32 Å². The monoisotopic (exact) mass is 280 g/mol. The molecule has 0 aliphatic heterocycles. The van der Waals surface area contributed by atoms with Crippen molar-refractivity contribution in [1.82, 2.24) is 5.32 Å². The molecule has 2 atom stereocenters. The Morgan fingerprint density at radius 3 is 2.55 bits per heavy atom. The normalized spacial score (nSPS) is 13.8. The Kier molecular flexibility index (Phi) is 7.04. The van der Waals surface area contributed by atoms with Gasteiger partial charge < -0.3 is 20.9 Å². The zero-order valence-corrected chi connectivity index (χ0v) is 12.1. The quantitative estimate of drug-likeness (QED) is 0.703. The summed E-state index contributed by atoms with van der Waals surface area (Å²) in [6.45, 7) is 4.36. The molecule has 5 heteroatoms. The average Bonchev–Trinajstić information content (AvgIpc) is 2.44. The van der Waals surface area contributed by atoms with Crippen LogP contribution in [0.4, 0.5) is 4.79 Å². The van der Waals surface area contributed by atoms with Gasteiger partial charge in [0.2, 0.25) is 0 Å². The van der Waals surface area contributed by atoms with Crippen LogP contribution in [0.15, 0.2) is 30.3 Å². The van der Waals surface area contributed by atoms with Gasteiger partial charge in [0.1, 0.15) is 0 Å². The molecule has 1 rings (SSSR count). The molecule has 0 aliphatic carbocycles. The van der Waals surface area contributed by atoms with E-state index in [1.807, 2.05) is 44.2 Å². The second-order valence-corrected chi connectivity index (χ2v) is 5.24. The van der Waals surface area contributed by atoms with Crippen molar-refractivity contribution in [3.05, 3.63) is 35.9 Å². The maximum Gasteiger partial charge on any atom is 0.407 e.